The molecule has 2 saturated heterocycles. The molecule has 3 fully saturated rings. The normalized spacial score (nSPS) is 21.2. The number of benzene rings is 1. The van der Waals surface area contributed by atoms with Crippen molar-refractivity contribution in [2.24, 2.45) is 0 Å². The lowest BCUT2D eigenvalue weighted by atomic mass is 10.0. The summed E-state index contributed by atoms with van der Waals surface area (Å²) in [4.78, 5) is 15.0. The Morgan fingerprint density at radius 2 is 1.82 bits per heavy atom. The monoisotopic (exact) mass is 383 g/mol. The number of carbonyl (C=O) groups is 1. The minimum absolute atomic E-state index is 0.0120. The predicted molar refractivity (Wildman–Crippen MR) is 102 cm³/mol. The molecule has 7 heteroatoms. The number of amides is 1. The highest BCUT2D eigenvalue weighted by Gasteiger charge is 2.41. The number of nitrogens with zero attached hydrogens (tertiary/aromatic N) is 3. The first-order chi connectivity index (χ1) is 13.7. The standard InChI is InChI=1S/C21H25N3O4/c1-26-17-6-4-16(5-7-17)24-19(15-2-3-15)14-18(22-24)20(25)23-10-8-21(9-11-23)27-12-13-28-21/h4-7,14-15H,2-3,8-13H2,1H3. The Kier molecular flexibility index (Phi) is 4.36. The first-order valence-electron chi connectivity index (χ1n) is 9.99. The van der Waals surface area contributed by atoms with E-state index in [1.807, 2.05) is 39.9 Å². The maximum absolute atomic E-state index is 13.1. The van der Waals surface area contributed by atoms with Gasteiger partial charge in [-0.3, -0.25) is 4.79 Å². The molecule has 0 unspecified atom stereocenters. The third-order valence-electron chi connectivity index (χ3n) is 5.89. The maximum atomic E-state index is 13.1. The number of hydrogen-bond donors (Lipinski definition) is 0. The first kappa shape index (κ1) is 17.7. The Labute approximate surface area is 164 Å². The van der Waals surface area contributed by atoms with Gasteiger partial charge < -0.3 is 19.1 Å². The summed E-state index contributed by atoms with van der Waals surface area (Å²) in [5.74, 6) is 0.806. The van der Waals surface area contributed by atoms with Crippen molar-refractivity contribution in [2.45, 2.75) is 37.4 Å². The van der Waals surface area contributed by atoms with Crippen LogP contribution in [0.15, 0.2) is 30.3 Å². The van der Waals surface area contributed by atoms with E-state index in [9.17, 15) is 4.79 Å². The molecule has 1 amide bonds. The molecule has 1 aliphatic carbocycles. The lowest BCUT2D eigenvalue weighted by Crippen LogP contribution is -2.47. The van der Waals surface area contributed by atoms with Crippen LogP contribution in [0.3, 0.4) is 0 Å². The average Bonchev–Trinajstić information content (AvgIpc) is 3.33. The lowest BCUT2D eigenvalue weighted by Gasteiger charge is -2.37. The molecule has 1 aromatic heterocycles. The second-order valence-electron chi connectivity index (χ2n) is 7.74. The molecule has 1 aromatic carbocycles. The molecule has 28 heavy (non-hydrogen) atoms. The number of rotatable bonds is 4. The molecule has 3 heterocycles. The molecule has 5 rings (SSSR count). The first-order valence-corrected chi connectivity index (χ1v) is 9.99. The molecule has 2 aromatic rings. The summed E-state index contributed by atoms with van der Waals surface area (Å²) in [7, 11) is 1.65. The van der Waals surface area contributed by atoms with E-state index >= 15 is 0 Å². The second-order valence-corrected chi connectivity index (χ2v) is 7.74. The molecule has 1 saturated carbocycles. The van der Waals surface area contributed by atoms with Crippen molar-refractivity contribution < 1.29 is 19.0 Å². The van der Waals surface area contributed by atoms with Crippen LogP contribution in [0.2, 0.25) is 0 Å². The number of aromatic nitrogens is 2. The third kappa shape index (κ3) is 3.18. The average molecular weight is 383 g/mol. The number of likely N-dealkylation sites (tertiary alicyclic amines) is 1. The summed E-state index contributed by atoms with van der Waals surface area (Å²) in [6.45, 7) is 2.55. The van der Waals surface area contributed by atoms with Crippen molar-refractivity contribution in [1.29, 1.82) is 0 Å². The van der Waals surface area contributed by atoms with Gasteiger partial charge in [-0.1, -0.05) is 0 Å². The molecule has 0 bridgehead atoms. The molecule has 148 valence electrons. The fourth-order valence-corrected chi connectivity index (χ4v) is 4.10. The van der Waals surface area contributed by atoms with Crippen LogP contribution in [-0.2, 0) is 9.47 Å². The van der Waals surface area contributed by atoms with Crippen LogP contribution in [0.1, 0.15) is 47.8 Å². The topological polar surface area (TPSA) is 65.8 Å². The van der Waals surface area contributed by atoms with Crippen molar-refractivity contribution >= 4 is 5.91 Å². The fraction of sp³-hybridized carbons (Fsp3) is 0.524. The summed E-state index contributed by atoms with van der Waals surface area (Å²) < 4.78 is 18.7. The van der Waals surface area contributed by atoms with E-state index in [4.69, 9.17) is 14.2 Å². The van der Waals surface area contributed by atoms with Gasteiger partial charge in [0.05, 0.1) is 26.0 Å². The molecular weight excluding hydrogens is 358 g/mol. The number of ether oxygens (including phenoxy) is 3. The maximum Gasteiger partial charge on any atom is 0.274 e. The van der Waals surface area contributed by atoms with Gasteiger partial charge in [0.15, 0.2) is 11.5 Å². The summed E-state index contributed by atoms with van der Waals surface area (Å²) in [5.41, 5.74) is 2.58. The zero-order chi connectivity index (χ0) is 19.1. The summed E-state index contributed by atoms with van der Waals surface area (Å²) >= 11 is 0. The van der Waals surface area contributed by atoms with E-state index < -0.39 is 5.79 Å². The quantitative estimate of drug-likeness (QED) is 0.812. The van der Waals surface area contributed by atoms with Crippen molar-refractivity contribution in [3.05, 3.63) is 41.7 Å². The van der Waals surface area contributed by atoms with Gasteiger partial charge >= 0.3 is 0 Å². The van der Waals surface area contributed by atoms with Crippen LogP contribution in [-0.4, -0.2) is 59.8 Å². The molecule has 2 aliphatic heterocycles. The molecule has 0 atom stereocenters. The van der Waals surface area contributed by atoms with Gasteiger partial charge in [-0.05, 0) is 43.2 Å². The van der Waals surface area contributed by atoms with Crippen molar-refractivity contribution in [3.63, 3.8) is 0 Å². The minimum Gasteiger partial charge on any atom is -0.497 e. The van der Waals surface area contributed by atoms with E-state index in [-0.39, 0.29) is 5.91 Å². The van der Waals surface area contributed by atoms with E-state index in [0.717, 1.165) is 30.0 Å². The minimum atomic E-state index is -0.474. The van der Waals surface area contributed by atoms with Crippen LogP contribution < -0.4 is 4.74 Å². The summed E-state index contributed by atoms with van der Waals surface area (Å²) in [5, 5.41) is 4.68. The zero-order valence-electron chi connectivity index (χ0n) is 16.1. The number of hydrogen-bond acceptors (Lipinski definition) is 5. The lowest BCUT2D eigenvalue weighted by molar-refractivity contribution is -0.181. The Balaban J connectivity index is 1.37. The summed E-state index contributed by atoms with van der Waals surface area (Å²) in [6, 6.07) is 9.76. The second kappa shape index (κ2) is 6.90. The molecule has 0 radical (unpaired) electrons. The molecule has 7 nitrogen and oxygen atoms in total. The van der Waals surface area contributed by atoms with Crippen molar-refractivity contribution in [1.82, 2.24) is 14.7 Å². The Bertz CT molecular complexity index is 856. The van der Waals surface area contributed by atoms with Gasteiger partial charge in [0.1, 0.15) is 5.75 Å². The smallest absolute Gasteiger partial charge is 0.274 e. The van der Waals surface area contributed by atoms with Crippen LogP contribution in [0, 0.1) is 0 Å². The van der Waals surface area contributed by atoms with Gasteiger partial charge in [-0.15, -0.1) is 0 Å². The number of methoxy groups -OCH3 is 1. The molecule has 0 N–H and O–H groups in total. The van der Waals surface area contributed by atoms with E-state index in [0.29, 0.717) is 50.8 Å². The Morgan fingerprint density at radius 3 is 2.43 bits per heavy atom. The Hall–Kier alpha value is -2.38. The molecule has 1 spiro atoms. The summed E-state index contributed by atoms with van der Waals surface area (Å²) in [6.07, 6.45) is 3.73. The van der Waals surface area contributed by atoms with Gasteiger partial charge in [0, 0.05) is 37.5 Å². The predicted octanol–water partition coefficient (Wildman–Crippen LogP) is 2.74. The van der Waals surface area contributed by atoms with Crippen molar-refractivity contribution in [3.8, 4) is 11.4 Å². The SMILES string of the molecule is COc1ccc(-n2nc(C(=O)N3CCC4(CC3)OCCO4)cc2C2CC2)cc1. The largest absolute Gasteiger partial charge is 0.497 e. The highest BCUT2D eigenvalue weighted by molar-refractivity contribution is 5.92. The number of carbonyl (C=O) groups excluding carboxylic acids is 1. The number of piperidine rings is 1. The highest BCUT2D eigenvalue weighted by Crippen LogP contribution is 2.41. The van der Waals surface area contributed by atoms with Gasteiger partial charge in [0.25, 0.3) is 5.91 Å². The van der Waals surface area contributed by atoms with Crippen molar-refractivity contribution in [2.75, 3.05) is 33.4 Å². The highest BCUT2D eigenvalue weighted by atomic mass is 16.7. The van der Waals surface area contributed by atoms with Gasteiger partial charge in [-0.2, -0.15) is 5.10 Å². The molecule has 3 aliphatic rings. The van der Waals surface area contributed by atoms with Crippen LogP contribution in [0.25, 0.3) is 5.69 Å². The van der Waals surface area contributed by atoms with E-state index in [1.165, 1.54) is 0 Å². The zero-order valence-corrected chi connectivity index (χ0v) is 16.1. The van der Waals surface area contributed by atoms with Crippen LogP contribution in [0.5, 0.6) is 5.75 Å². The van der Waals surface area contributed by atoms with Gasteiger partial charge in [0.2, 0.25) is 0 Å². The van der Waals surface area contributed by atoms with Gasteiger partial charge in [-0.25, -0.2) is 4.68 Å². The third-order valence-corrected chi connectivity index (χ3v) is 5.89. The van der Waals surface area contributed by atoms with Crippen LogP contribution >= 0.6 is 0 Å². The van der Waals surface area contributed by atoms with E-state index in [2.05, 4.69) is 5.10 Å². The van der Waals surface area contributed by atoms with Crippen LogP contribution in [0.4, 0.5) is 0 Å². The Morgan fingerprint density at radius 1 is 1.14 bits per heavy atom. The fourth-order valence-electron chi connectivity index (χ4n) is 4.10. The molecular formula is C21H25N3O4. The van der Waals surface area contributed by atoms with E-state index in [1.54, 1.807) is 7.11 Å².